The van der Waals surface area contributed by atoms with Crippen LogP contribution in [0.2, 0.25) is 0 Å². The summed E-state index contributed by atoms with van der Waals surface area (Å²) in [4.78, 5) is 30.7. The molecule has 1 atom stereocenters. The lowest BCUT2D eigenvalue weighted by atomic mass is 9.88. The van der Waals surface area contributed by atoms with E-state index < -0.39 is 17.1 Å². The molecule has 1 aliphatic rings. The van der Waals surface area contributed by atoms with E-state index in [1.165, 1.54) is 24.1 Å². The standard InChI is InChI=1S/C24H28N2O5/c1-14(2)18(24-23(29)21(27)10-15(31-24)13-30-3)11-22(28)26-9-8-17-16-6-4-5-7-19(16)25-20(17)12-26/h4-7,10,14,18,25,29H,8-9,11-13H2,1-3H3/t18-/m1/s1. The van der Waals surface area contributed by atoms with Gasteiger partial charge in [0.15, 0.2) is 5.76 Å². The second kappa shape index (κ2) is 8.59. The molecule has 0 radical (unpaired) electrons. The Kier molecular flexibility index (Phi) is 5.87. The smallest absolute Gasteiger partial charge is 0.227 e. The summed E-state index contributed by atoms with van der Waals surface area (Å²) in [6, 6.07) is 9.41. The molecule has 0 spiro atoms. The molecule has 0 aliphatic carbocycles. The van der Waals surface area contributed by atoms with Crippen molar-refractivity contribution in [2.75, 3.05) is 13.7 Å². The lowest BCUT2D eigenvalue weighted by Gasteiger charge is -2.29. The minimum Gasteiger partial charge on any atom is -0.502 e. The van der Waals surface area contributed by atoms with Crippen molar-refractivity contribution in [1.82, 2.24) is 9.88 Å². The number of hydrogen-bond acceptors (Lipinski definition) is 5. The number of aromatic hydroxyl groups is 1. The van der Waals surface area contributed by atoms with Gasteiger partial charge in [0.25, 0.3) is 0 Å². The zero-order valence-electron chi connectivity index (χ0n) is 18.1. The van der Waals surface area contributed by atoms with Gasteiger partial charge in [0, 0.05) is 48.7 Å². The van der Waals surface area contributed by atoms with Crippen molar-refractivity contribution >= 4 is 16.8 Å². The second-order valence-corrected chi connectivity index (χ2v) is 8.47. The van der Waals surface area contributed by atoms with E-state index >= 15 is 0 Å². The molecule has 2 aromatic heterocycles. The third-order valence-corrected chi connectivity index (χ3v) is 6.06. The molecular weight excluding hydrogens is 396 g/mol. The highest BCUT2D eigenvalue weighted by Gasteiger charge is 2.31. The van der Waals surface area contributed by atoms with Crippen LogP contribution in [0.4, 0.5) is 0 Å². The maximum atomic E-state index is 13.2. The van der Waals surface area contributed by atoms with Crippen LogP contribution < -0.4 is 5.43 Å². The van der Waals surface area contributed by atoms with E-state index in [-0.39, 0.29) is 30.6 Å². The first kappa shape index (κ1) is 21.2. The van der Waals surface area contributed by atoms with E-state index in [0.717, 1.165) is 17.6 Å². The average molecular weight is 424 g/mol. The average Bonchev–Trinajstić information content (AvgIpc) is 3.12. The van der Waals surface area contributed by atoms with Gasteiger partial charge < -0.3 is 24.1 Å². The number of nitrogens with zero attached hydrogens (tertiary/aromatic N) is 1. The van der Waals surface area contributed by atoms with Crippen LogP contribution >= 0.6 is 0 Å². The number of ether oxygens (including phenoxy) is 1. The molecular formula is C24H28N2O5. The number of H-pyrrole nitrogens is 1. The number of carbonyl (C=O) groups excluding carboxylic acids is 1. The van der Waals surface area contributed by atoms with Crippen molar-refractivity contribution in [1.29, 1.82) is 0 Å². The number of amides is 1. The maximum Gasteiger partial charge on any atom is 0.227 e. The van der Waals surface area contributed by atoms with Crippen molar-refractivity contribution in [3.63, 3.8) is 0 Å². The monoisotopic (exact) mass is 424 g/mol. The van der Waals surface area contributed by atoms with Crippen molar-refractivity contribution in [3.05, 3.63) is 63.3 Å². The zero-order valence-corrected chi connectivity index (χ0v) is 18.1. The van der Waals surface area contributed by atoms with Gasteiger partial charge in [0.1, 0.15) is 12.4 Å². The van der Waals surface area contributed by atoms with Gasteiger partial charge in [-0.05, 0) is 24.0 Å². The Labute approximate surface area is 180 Å². The van der Waals surface area contributed by atoms with E-state index in [2.05, 4.69) is 11.1 Å². The molecule has 7 heteroatoms. The fourth-order valence-electron chi connectivity index (χ4n) is 4.37. The molecule has 164 valence electrons. The third-order valence-electron chi connectivity index (χ3n) is 6.06. The minimum atomic E-state index is -0.521. The van der Waals surface area contributed by atoms with Crippen molar-refractivity contribution in [2.24, 2.45) is 5.92 Å². The Balaban J connectivity index is 1.57. The molecule has 0 fully saturated rings. The largest absolute Gasteiger partial charge is 0.502 e. The first-order chi connectivity index (χ1) is 14.9. The van der Waals surface area contributed by atoms with Crippen LogP contribution in [0.3, 0.4) is 0 Å². The number of hydrogen-bond donors (Lipinski definition) is 2. The lowest BCUT2D eigenvalue weighted by Crippen LogP contribution is -2.37. The summed E-state index contributed by atoms with van der Waals surface area (Å²) >= 11 is 0. The summed E-state index contributed by atoms with van der Waals surface area (Å²) in [6.07, 6.45) is 0.946. The predicted octanol–water partition coefficient (Wildman–Crippen LogP) is 3.69. The molecule has 1 aromatic carbocycles. The topological polar surface area (TPSA) is 95.8 Å². The quantitative estimate of drug-likeness (QED) is 0.629. The molecule has 3 heterocycles. The molecule has 1 aliphatic heterocycles. The summed E-state index contributed by atoms with van der Waals surface area (Å²) < 4.78 is 10.8. The van der Waals surface area contributed by atoms with E-state index in [0.29, 0.717) is 18.8 Å². The van der Waals surface area contributed by atoms with Gasteiger partial charge >= 0.3 is 0 Å². The normalized spacial score (nSPS) is 14.8. The van der Waals surface area contributed by atoms with Crippen LogP contribution in [0, 0.1) is 5.92 Å². The number of fused-ring (bicyclic) bond motifs is 3. The molecule has 31 heavy (non-hydrogen) atoms. The van der Waals surface area contributed by atoms with Crippen LogP contribution in [0.15, 0.2) is 39.5 Å². The van der Waals surface area contributed by atoms with E-state index in [9.17, 15) is 14.7 Å². The number of para-hydroxylation sites is 1. The third kappa shape index (κ3) is 4.10. The van der Waals surface area contributed by atoms with Gasteiger partial charge in [0.05, 0.1) is 6.54 Å². The first-order valence-corrected chi connectivity index (χ1v) is 10.6. The molecule has 3 aromatic rings. The Morgan fingerprint density at radius 2 is 2.10 bits per heavy atom. The maximum absolute atomic E-state index is 13.2. The summed E-state index contributed by atoms with van der Waals surface area (Å²) in [5, 5.41) is 11.6. The lowest BCUT2D eigenvalue weighted by molar-refractivity contribution is -0.133. The molecule has 4 rings (SSSR count). The summed E-state index contributed by atoms with van der Waals surface area (Å²) in [5.74, 6) is -0.388. The summed E-state index contributed by atoms with van der Waals surface area (Å²) in [6.45, 7) is 5.18. The molecule has 2 N–H and O–H groups in total. The van der Waals surface area contributed by atoms with Gasteiger partial charge in [-0.25, -0.2) is 0 Å². The fraction of sp³-hybridized carbons (Fsp3) is 0.417. The highest BCUT2D eigenvalue weighted by Crippen LogP contribution is 2.35. The molecule has 0 bridgehead atoms. The van der Waals surface area contributed by atoms with E-state index in [1.807, 2.05) is 36.9 Å². The summed E-state index contributed by atoms with van der Waals surface area (Å²) in [5.41, 5.74) is 2.91. The van der Waals surface area contributed by atoms with Crippen LogP contribution in [0.1, 0.15) is 49.0 Å². The van der Waals surface area contributed by atoms with Gasteiger partial charge in [-0.2, -0.15) is 0 Å². The van der Waals surface area contributed by atoms with Crippen molar-refractivity contribution in [2.45, 2.75) is 45.8 Å². The van der Waals surface area contributed by atoms with Gasteiger partial charge in [-0.3, -0.25) is 9.59 Å². The van der Waals surface area contributed by atoms with Crippen LogP contribution in [0.25, 0.3) is 10.9 Å². The Morgan fingerprint density at radius 1 is 1.32 bits per heavy atom. The molecule has 0 saturated carbocycles. The van der Waals surface area contributed by atoms with E-state index in [1.54, 1.807) is 0 Å². The molecule has 0 unspecified atom stereocenters. The van der Waals surface area contributed by atoms with Crippen LogP contribution in [0.5, 0.6) is 5.75 Å². The molecule has 0 saturated heterocycles. The van der Waals surface area contributed by atoms with Crippen molar-refractivity contribution in [3.8, 4) is 5.75 Å². The van der Waals surface area contributed by atoms with Crippen LogP contribution in [-0.4, -0.2) is 34.6 Å². The number of benzene rings is 1. The minimum absolute atomic E-state index is 0.00998. The van der Waals surface area contributed by atoms with Gasteiger partial charge in [0.2, 0.25) is 17.1 Å². The molecule has 7 nitrogen and oxygen atoms in total. The fourth-order valence-corrected chi connectivity index (χ4v) is 4.37. The zero-order chi connectivity index (χ0) is 22.1. The SMILES string of the molecule is COCc1cc(=O)c(O)c([C@H](CC(=O)N2CCc3c([nH]c4ccccc34)C2)C(C)C)o1. The number of rotatable bonds is 6. The highest BCUT2D eigenvalue weighted by atomic mass is 16.5. The predicted molar refractivity (Wildman–Crippen MR) is 117 cm³/mol. The van der Waals surface area contributed by atoms with Crippen LogP contribution in [-0.2, 0) is 29.1 Å². The van der Waals surface area contributed by atoms with E-state index in [4.69, 9.17) is 9.15 Å². The molecule has 1 amide bonds. The first-order valence-electron chi connectivity index (χ1n) is 10.6. The van der Waals surface area contributed by atoms with Gasteiger partial charge in [-0.1, -0.05) is 32.0 Å². The number of aromatic nitrogens is 1. The summed E-state index contributed by atoms with van der Waals surface area (Å²) in [7, 11) is 1.50. The number of aromatic amines is 1. The Bertz CT molecular complexity index is 1160. The Hall–Kier alpha value is -3.06. The van der Waals surface area contributed by atoms with Crippen molar-refractivity contribution < 1.29 is 19.1 Å². The number of methoxy groups -OCH3 is 1. The second-order valence-electron chi connectivity index (χ2n) is 8.47. The number of nitrogens with one attached hydrogen (secondary N) is 1. The highest BCUT2D eigenvalue weighted by molar-refractivity contribution is 5.85. The number of carbonyl (C=O) groups is 1. The van der Waals surface area contributed by atoms with Gasteiger partial charge in [-0.15, -0.1) is 0 Å². The Morgan fingerprint density at radius 3 is 2.84 bits per heavy atom.